The SMILES string of the molecule is CC(C)Cc1ccc([C@@H](NCC(=O)Nc2sccc2C#N)C(C)C)cc1. The minimum atomic E-state index is -0.133. The van der Waals surface area contributed by atoms with Gasteiger partial charge in [-0.2, -0.15) is 5.26 Å². The van der Waals surface area contributed by atoms with Crippen molar-refractivity contribution < 1.29 is 4.79 Å². The minimum absolute atomic E-state index is 0.104. The van der Waals surface area contributed by atoms with Crippen LogP contribution in [0, 0.1) is 23.2 Å². The summed E-state index contributed by atoms with van der Waals surface area (Å²) in [7, 11) is 0. The average molecular weight is 370 g/mol. The number of thiophene rings is 1. The van der Waals surface area contributed by atoms with E-state index in [9.17, 15) is 4.79 Å². The molecule has 0 aliphatic rings. The maximum absolute atomic E-state index is 12.2. The van der Waals surface area contributed by atoms with E-state index in [0.29, 0.717) is 22.4 Å². The Morgan fingerprint density at radius 3 is 2.42 bits per heavy atom. The van der Waals surface area contributed by atoms with Crippen molar-refractivity contribution in [1.82, 2.24) is 5.32 Å². The number of carbonyl (C=O) groups is 1. The lowest BCUT2D eigenvalue weighted by Crippen LogP contribution is -2.33. The molecule has 1 atom stereocenters. The van der Waals surface area contributed by atoms with Crippen LogP contribution in [0.1, 0.15) is 50.4 Å². The van der Waals surface area contributed by atoms with Crippen LogP contribution in [0.2, 0.25) is 0 Å². The molecule has 2 aromatic rings. The lowest BCUT2D eigenvalue weighted by molar-refractivity contribution is -0.115. The van der Waals surface area contributed by atoms with E-state index in [1.165, 1.54) is 22.5 Å². The molecule has 1 amide bonds. The average Bonchev–Trinajstić information content (AvgIpc) is 3.02. The molecule has 0 saturated carbocycles. The summed E-state index contributed by atoms with van der Waals surface area (Å²) in [5.41, 5.74) is 3.03. The van der Waals surface area contributed by atoms with Gasteiger partial charge in [0.1, 0.15) is 11.1 Å². The number of carbonyl (C=O) groups excluding carboxylic acids is 1. The van der Waals surface area contributed by atoms with E-state index in [1.54, 1.807) is 11.4 Å². The highest BCUT2D eigenvalue weighted by Gasteiger charge is 2.17. The van der Waals surface area contributed by atoms with Gasteiger partial charge in [-0.25, -0.2) is 0 Å². The van der Waals surface area contributed by atoms with E-state index >= 15 is 0 Å². The smallest absolute Gasteiger partial charge is 0.238 e. The zero-order valence-corrected chi connectivity index (χ0v) is 16.7. The summed E-state index contributed by atoms with van der Waals surface area (Å²) in [4.78, 5) is 12.2. The number of nitriles is 1. The second-order valence-electron chi connectivity index (χ2n) is 7.27. The Morgan fingerprint density at radius 1 is 1.15 bits per heavy atom. The van der Waals surface area contributed by atoms with E-state index in [2.05, 4.69) is 68.7 Å². The van der Waals surface area contributed by atoms with Crippen LogP contribution in [0.4, 0.5) is 5.00 Å². The molecule has 2 rings (SSSR count). The van der Waals surface area contributed by atoms with Gasteiger partial charge in [0.2, 0.25) is 5.91 Å². The first-order valence-electron chi connectivity index (χ1n) is 9.00. The number of amides is 1. The molecule has 0 unspecified atom stereocenters. The second kappa shape index (κ2) is 9.51. The topological polar surface area (TPSA) is 64.9 Å². The fraction of sp³-hybridized carbons (Fsp3) is 0.429. The third-order valence-corrected chi connectivity index (χ3v) is 5.00. The largest absolute Gasteiger partial charge is 0.315 e. The third-order valence-electron chi connectivity index (χ3n) is 4.17. The molecule has 5 heteroatoms. The van der Waals surface area contributed by atoms with Crippen molar-refractivity contribution in [3.05, 3.63) is 52.4 Å². The van der Waals surface area contributed by atoms with Crippen molar-refractivity contribution in [3.63, 3.8) is 0 Å². The normalized spacial score (nSPS) is 12.2. The van der Waals surface area contributed by atoms with Crippen LogP contribution < -0.4 is 10.6 Å². The third kappa shape index (κ3) is 5.69. The van der Waals surface area contributed by atoms with Crippen LogP contribution in [0.5, 0.6) is 0 Å². The second-order valence-corrected chi connectivity index (χ2v) is 8.18. The van der Waals surface area contributed by atoms with E-state index in [4.69, 9.17) is 5.26 Å². The monoisotopic (exact) mass is 369 g/mol. The fourth-order valence-electron chi connectivity index (χ4n) is 2.94. The van der Waals surface area contributed by atoms with Gasteiger partial charge in [0.25, 0.3) is 0 Å². The van der Waals surface area contributed by atoms with Gasteiger partial charge in [-0.1, -0.05) is 52.0 Å². The van der Waals surface area contributed by atoms with Crippen molar-refractivity contribution in [3.8, 4) is 6.07 Å². The van der Waals surface area contributed by atoms with Gasteiger partial charge in [0.05, 0.1) is 12.1 Å². The molecule has 1 aromatic heterocycles. The first-order chi connectivity index (χ1) is 12.4. The van der Waals surface area contributed by atoms with Gasteiger partial charge >= 0.3 is 0 Å². The molecule has 1 aromatic carbocycles. The van der Waals surface area contributed by atoms with Gasteiger partial charge in [-0.3, -0.25) is 4.79 Å². The molecule has 138 valence electrons. The van der Waals surface area contributed by atoms with Gasteiger partial charge < -0.3 is 10.6 Å². The van der Waals surface area contributed by atoms with Crippen molar-refractivity contribution in [2.24, 2.45) is 11.8 Å². The van der Waals surface area contributed by atoms with Gasteiger partial charge in [0, 0.05) is 6.04 Å². The van der Waals surface area contributed by atoms with Crippen LogP contribution in [0.25, 0.3) is 0 Å². The van der Waals surface area contributed by atoms with Crippen molar-refractivity contribution in [2.45, 2.75) is 40.2 Å². The van der Waals surface area contributed by atoms with Gasteiger partial charge in [-0.15, -0.1) is 11.3 Å². The zero-order chi connectivity index (χ0) is 19.1. The summed E-state index contributed by atoms with van der Waals surface area (Å²) < 4.78 is 0. The summed E-state index contributed by atoms with van der Waals surface area (Å²) in [6.45, 7) is 8.93. The summed E-state index contributed by atoms with van der Waals surface area (Å²) in [5, 5.41) is 17.6. The van der Waals surface area contributed by atoms with Gasteiger partial charge in [-0.05, 0) is 40.8 Å². The first-order valence-corrected chi connectivity index (χ1v) is 9.88. The highest BCUT2D eigenvalue weighted by atomic mass is 32.1. The summed E-state index contributed by atoms with van der Waals surface area (Å²) in [6, 6.07) is 12.6. The van der Waals surface area contributed by atoms with Crippen LogP contribution in [0.15, 0.2) is 35.7 Å². The molecule has 2 N–H and O–H groups in total. The Labute approximate surface area is 160 Å². The predicted octanol–water partition coefficient (Wildman–Crippen LogP) is 4.74. The standard InChI is InChI=1S/C21H27N3OS/c1-14(2)11-16-5-7-17(8-6-16)20(15(3)4)23-13-19(25)24-21-18(12-22)9-10-26-21/h5-10,14-15,20,23H,11,13H2,1-4H3,(H,24,25)/t20-/m0/s1. The molecule has 26 heavy (non-hydrogen) atoms. The summed E-state index contributed by atoms with van der Waals surface area (Å²) in [6.07, 6.45) is 1.07. The number of hydrogen-bond acceptors (Lipinski definition) is 4. The highest BCUT2D eigenvalue weighted by Crippen LogP contribution is 2.24. The van der Waals surface area contributed by atoms with Crippen molar-refractivity contribution >= 4 is 22.2 Å². The fourth-order valence-corrected chi connectivity index (χ4v) is 3.69. The number of nitrogens with one attached hydrogen (secondary N) is 2. The lowest BCUT2D eigenvalue weighted by atomic mass is 9.94. The van der Waals surface area contributed by atoms with Crippen LogP contribution in [-0.4, -0.2) is 12.5 Å². The Hall–Kier alpha value is -2.16. The van der Waals surface area contributed by atoms with Gasteiger partial charge in [0.15, 0.2) is 0 Å². The van der Waals surface area contributed by atoms with Crippen molar-refractivity contribution in [2.75, 3.05) is 11.9 Å². The Balaban J connectivity index is 1.97. The minimum Gasteiger partial charge on any atom is -0.315 e. The molecule has 4 nitrogen and oxygen atoms in total. The molecule has 0 saturated heterocycles. The maximum atomic E-state index is 12.2. The molecule has 0 fully saturated rings. The van der Waals surface area contributed by atoms with Crippen molar-refractivity contribution in [1.29, 1.82) is 5.26 Å². The number of anilines is 1. The molecule has 0 radical (unpaired) electrons. The predicted molar refractivity (Wildman–Crippen MR) is 108 cm³/mol. The first kappa shape index (κ1) is 20.2. The van der Waals surface area contributed by atoms with Crippen LogP contribution in [0.3, 0.4) is 0 Å². The summed E-state index contributed by atoms with van der Waals surface area (Å²) >= 11 is 1.36. The van der Waals surface area contributed by atoms with E-state index in [0.717, 1.165) is 6.42 Å². The molecule has 0 aliphatic heterocycles. The molecular formula is C21H27N3OS. The lowest BCUT2D eigenvalue weighted by Gasteiger charge is -2.23. The van der Waals surface area contributed by atoms with Crippen LogP contribution in [-0.2, 0) is 11.2 Å². The van der Waals surface area contributed by atoms with E-state index in [-0.39, 0.29) is 18.5 Å². The van der Waals surface area contributed by atoms with Crippen LogP contribution >= 0.6 is 11.3 Å². The Morgan fingerprint density at radius 2 is 1.85 bits per heavy atom. The zero-order valence-electron chi connectivity index (χ0n) is 15.9. The molecule has 0 bridgehead atoms. The molecule has 0 spiro atoms. The summed E-state index contributed by atoms with van der Waals surface area (Å²) in [5.74, 6) is 0.861. The van der Waals surface area contributed by atoms with E-state index in [1.807, 2.05) is 0 Å². The number of benzene rings is 1. The Bertz CT molecular complexity index is 756. The highest BCUT2D eigenvalue weighted by molar-refractivity contribution is 7.14. The maximum Gasteiger partial charge on any atom is 0.238 e. The van der Waals surface area contributed by atoms with E-state index < -0.39 is 0 Å². The number of hydrogen-bond donors (Lipinski definition) is 2. The quantitative estimate of drug-likeness (QED) is 0.706. The Kier molecular flexibility index (Phi) is 7.38. The number of rotatable bonds is 8. The molecule has 1 heterocycles. The molecular weight excluding hydrogens is 342 g/mol. The number of nitrogens with zero attached hydrogens (tertiary/aromatic N) is 1. The molecule has 0 aliphatic carbocycles.